The largest absolute Gasteiger partial charge is 0.480 e. The molecule has 1 heterocycles. The molecule has 0 bridgehead atoms. The molecule has 108 valence electrons. The second kappa shape index (κ2) is 6.61. The Kier molecular flexibility index (Phi) is 4.84. The van der Waals surface area contributed by atoms with Crippen LogP contribution in [0.1, 0.15) is 24.8 Å². The van der Waals surface area contributed by atoms with Gasteiger partial charge in [0.1, 0.15) is 6.04 Å². The summed E-state index contributed by atoms with van der Waals surface area (Å²) in [5.41, 5.74) is 0.563. The SMILES string of the molecule is O=C(O)C1CCCCN1C/C=C/c1ccc(F)c(F)c1. The molecule has 0 saturated carbocycles. The number of carboxylic acid groups (broad SMARTS) is 1. The predicted octanol–water partition coefficient (Wildman–Crippen LogP) is 2.92. The van der Waals surface area contributed by atoms with Gasteiger partial charge in [0.15, 0.2) is 11.6 Å². The van der Waals surface area contributed by atoms with Gasteiger partial charge in [0.05, 0.1) is 0 Å². The number of halogens is 2. The van der Waals surface area contributed by atoms with E-state index < -0.39 is 23.6 Å². The van der Waals surface area contributed by atoms with E-state index in [0.717, 1.165) is 31.5 Å². The van der Waals surface area contributed by atoms with E-state index in [1.165, 1.54) is 6.07 Å². The molecule has 0 spiro atoms. The molecule has 3 nitrogen and oxygen atoms in total. The van der Waals surface area contributed by atoms with Crippen molar-refractivity contribution < 1.29 is 18.7 Å². The van der Waals surface area contributed by atoms with Gasteiger partial charge in [0, 0.05) is 6.54 Å². The molecule has 0 amide bonds. The first-order chi connectivity index (χ1) is 9.58. The van der Waals surface area contributed by atoms with Crippen molar-refractivity contribution in [1.82, 2.24) is 4.90 Å². The van der Waals surface area contributed by atoms with Crippen LogP contribution in [0.15, 0.2) is 24.3 Å². The van der Waals surface area contributed by atoms with Gasteiger partial charge in [-0.2, -0.15) is 0 Å². The molecule has 2 rings (SSSR count). The van der Waals surface area contributed by atoms with Gasteiger partial charge in [0.2, 0.25) is 0 Å². The topological polar surface area (TPSA) is 40.5 Å². The summed E-state index contributed by atoms with van der Waals surface area (Å²) in [5.74, 6) is -2.55. The van der Waals surface area contributed by atoms with Crippen molar-refractivity contribution >= 4 is 12.0 Å². The number of aliphatic carboxylic acids is 1. The number of carboxylic acids is 1. The van der Waals surface area contributed by atoms with Crippen molar-refractivity contribution in [3.05, 3.63) is 41.5 Å². The van der Waals surface area contributed by atoms with Gasteiger partial charge in [-0.3, -0.25) is 9.69 Å². The third-order valence-corrected chi connectivity index (χ3v) is 3.49. The highest BCUT2D eigenvalue weighted by Gasteiger charge is 2.27. The van der Waals surface area contributed by atoms with E-state index in [0.29, 0.717) is 18.5 Å². The lowest BCUT2D eigenvalue weighted by Crippen LogP contribution is -2.44. The molecular weight excluding hydrogens is 264 g/mol. The van der Waals surface area contributed by atoms with E-state index in [9.17, 15) is 13.6 Å². The Balaban J connectivity index is 1.97. The highest BCUT2D eigenvalue weighted by atomic mass is 19.2. The fraction of sp³-hybridized carbons (Fsp3) is 0.400. The van der Waals surface area contributed by atoms with Gasteiger partial charge >= 0.3 is 5.97 Å². The molecule has 1 aliphatic heterocycles. The number of rotatable bonds is 4. The number of hydrogen-bond donors (Lipinski definition) is 1. The highest BCUT2D eigenvalue weighted by molar-refractivity contribution is 5.73. The van der Waals surface area contributed by atoms with Gasteiger partial charge < -0.3 is 5.11 Å². The Hall–Kier alpha value is -1.75. The van der Waals surface area contributed by atoms with Crippen LogP contribution in [0.2, 0.25) is 0 Å². The highest BCUT2D eigenvalue weighted by Crippen LogP contribution is 2.17. The second-order valence-corrected chi connectivity index (χ2v) is 4.92. The van der Waals surface area contributed by atoms with Crippen molar-refractivity contribution in [2.45, 2.75) is 25.3 Å². The lowest BCUT2D eigenvalue weighted by atomic mass is 10.0. The number of likely N-dealkylation sites (tertiary alicyclic amines) is 1. The Labute approximate surface area is 116 Å². The van der Waals surface area contributed by atoms with E-state index in [-0.39, 0.29) is 0 Å². The third kappa shape index (κ3) is 3.63. The number of hydrogen-bond acceptors (Lipinski definition) is 2. The van der Waals surface area contributed by atoms with Crippen LogP contribution in [0.25, 0.3) is 6.08 Å². The molecule has 0 aromatic heterocycles. The average Bonchev–Trinajstić information content (AvgIpc) is 2.43. The summed E-state index contributed by atoms with van der Waals surface area (Å²) < 4.78 is 25.8. The summed E-state index contributed by atoms with van der Waals surface area (Å²) in [6, 6.07) is 3.24. The summed E-state index contributed by atoms with van der Waals surface area (Å²) >= 11 is 0. The van der Waals surface area contributed by atoms with E-state index in [4.69, 9.17) is 5.11 Å². The smallest absolute Gasteiger partial charge is 0.320 e. The molecule has 1 atom stereocenters. The molecule has 20 heavy (non-hydrogen) atoms. The quantitative estimate of drug-likeness (QED) is 0.922. The average molecular weight is 281 g/mol. The number of benzene rings is 1. The summed E-state index contributed by atoms with van der Waals surface area (Å²) in [7, 11) is 0. The van der Waals surface area contributed by atoms with Crippen molar-refractivity contribution in [2.24, 2.45) is 0 Å². The van der Waals surface area contributed by atoms with E-state index in [1.807, 2.05) is 4.90 Å². The maximum Gasteiger partial charge on any atom is 0.320 e. The number of carbonyl (C=O) groups is 1. The monoisotopic (exact) mass is 281 g/mol. The fourth-order valence-electron chi connectivity index (χ4n) is 2.43. The minimum atomic E-state index is -0.881. The maximum atomic E-state index is 13.0. The lowest BCUT2D eigenvalue weighted by Gasteiger charge is -2.31. The van der Waals surface area contributed by atoms with Crippen LogP contribution in [0.5, 0.6) is 0 Å². The van der Waals surface area contributed by atoms with Crippen molar-refractivity contribution in [1.29, 1.82) is 0 Å². The van der Waals surface area contributed by atoms with E-state index >= 15 is 0 Å². The summed E-state index contributed by atoms with van der Waals surface area (Å²) in [6.45, 7) is 1.25. The molecule has 1 aromatic carbocycles. The van der Waals surface area contributed by atoms with Crippen LogP contribution in [0.3, 0.4) is 0 Å². The van der Waals surface area contributed by atoms with E-state index in [1.54, 1.807) is 12.2 Å². The van der Waals surface area contributed by atoms with Crippen LogP contribution in [0.4, 0.5) is 8.78 Å². The summed E-state index contributed by atoms with van der Waals surface area (Å²) in [6.07, 6.45) is 6.04. The minimum Gasteiger partial charge on any atom is -0.480 e. The fourth-order valence-corrected chi connectivity index (χ4v) is 2.43. The van der Waals surface area contributed by atoms with Gasteiger partial charge in [-0.15, -0.1) is 0 Å². The van der Waals surface area contributed by atoms with Crippen LogP contribution in [-0.4, -0.2) is 35.1 Å². The Morgan fingerprint density at radius 3 is 2.85 bits per heavy atom. The molecule has 1 N–H and O–H groups in total. The molecule has 0 aliphatic carbocycles. The maximum absolute atomic E-state index is 13.0. The van der Waals surface area contributed by atoms with E-state index in [2.05, 4.69) is 0 Å². The zero-order valence-corrected chi connectivity index (χ0v) is 11.1. The van der Waals surface area contributed by atoms with Gasteiger partial charge in [0.25, 0.3) is 0 Å². The molecule has 5 heteroatoms. The zero-order valence-electron chi connectivity index (χ0n) is 11.1. The Morgan fingerprint density at radius 2 is 2.15 bits per heavy atom. The second-order valence-electron chi connectivity index (χ2n) is 4.92. The van der Waals surface area contributed by atoms with Crippen LogP contribution in [0, 0.1) is 11.6 Å². The Bertz CT molecular complexity index is 517. The minimum absolute atomic E-state index is 0.446. The molecule has 1 unspecified atom stereocenters. The predicted molar refractivity (Wildman–Crippen MR) is 72.2 cm³/mol. The van der Waals surface area contributed by atoms with Crippen LogP contribution < -0.4 is 0 Å². The Morgan fingerprint density at radius 1 is 1.35 bits per heavy atom. The molecular formula is C15H17F2NO2. The normalized spacial score (nSPS) is 20.4. The molecule has 1 aliphatic rings. The van der Waals surface area contributed by atoms with Crippen LogP contribution >= 0.6 is 0 Å². The molecule has 0 radical (unpaired) electrons. The molecule has 1 saturated heterocycles. The van der Waals surface area contributed by atoms with Gasteiger partial charge in [-0.05, 0) is 37.1 Å². The first-order valence-corrected chi connectivity index (χ1v) is 6.66. The summed E-state index contributed by atoms with van der Waals surface area (Å²) in [5, 5.41) is 9.13. The number of nitrogens with zero attached hydrogens (tertiary/aromatic N) is 1. The lowest BCUT2D eigenvalue weighted by molar-refractivity contribution is -0.144. The summed E-state index contributed by atoms with van der Waals surface area (Å²) in [4.78, 5) is 13.0. The number of piperidine rings is 1. The molecule has 1 aromatic rings. The van der Waals surface area contributed by atoms with Crippen LogP contribution in [-0.2, 0) is 4.79 Å². The molecule has 1 fully saturated rings. The van der Waals surface area contributed by atoms with Crippen molar-refractivity contribution in [3.8, 4) is 0 Å². The van der Waals surface area contributed by atoms with Crippen molar-refractivity contribution in [2.75, 3.05) is 13.1 Å². The van der Waals surface area contributed by atoms with Gasteiger partial charge in [-0.1, -0.05) is 24.6 Å². The first kappa shape index (κ1) is 14.7. The zero-order chi connectivity index (χ0) is 14.5. The first-order valence-electron chi connectivity index (χ1n) is 6.66. The third-order valence-electron chi connectivity index (χ3n) is 3.49. The van der Waals surface area contributed by atoms with Gasteiger partial charge in [-0.25, -0.2) is 8.78 Å². The van der Waals surface area contributed by atoms with Crippen molar-refractivity contribution in [3.63, 3.8) is 0 Å². The standard InChI is InChI=1S/C15H17F2NO2/c16-12-7-6-11(10-13(12)17)4-3-9-18-8-2-1-5-14(18)15(19)20/h3-4,6-7,10,14H,1-2,5,8-9H2,(H,19,20)/b4-3+.